The van der Waals surface area contributed by atoms with E-state index in [0.717, 1.165) is 28.1 Å². The zero-order valence-electron chi connectivity index (χ0n) is 13.2. The highest BCUT2D eigenvalue weighted by Crippen LogP contribution is 2.25. The maximum absolute atomic E-state index is 12.1. The molecule has 1 atom stereocenters. The molecule has 2 rings (SSSR count). The van der Waals surface area contributed by atoms with Crippen LogP contribution in [0.3, 0.4) is 0 Å². The fourth-order valence-corrected chi connectivity index (χ4v) is 2.72. The number of carbonyl (C=O) groups excluding carboxylic acids is 1. The van der Waals surface area contributed by atoms with Gasteiger partial charge in [-0.15, -0.1) is 0 Å². The van der Waals surface area contributed by atoms with E-state index in [1.54, 1.807) is 0 Å². The van der Waals surface area contributed by atoms with Crippen molar-refractivity contribution in [1.82, 2.24) is 10.5 Å². The molecule has 0 bridgehead atoms. The van der Waals surface area contributed by atoms with Crippen molar-refractivity contribution in [3.05, 3.63) is 52.4 Å². The maximum atomic E-state index is 12.1. The number of hydrogen-bond acceptors (Lipinski definition) is 4. The molecule has 1 aromatic heterocycles. The van der Waals surface area contributed by atoms with Gasteiger partial charge >= 0.3 is 0 Å². The number of aliphatic hydroxyl groups is 1. The van der Waals surface area contributed by atoms with Gasteiger partial charge in [0.1, 0.15) is 5.76 Å². The van der Waals surface area contributed by atoms with Gasteiger partial charge in [0, 0.05) is 18.5 Å². The van der Waals surface area contributed by atoms with Gasteiger partial charge in [-0.05, 0) is 30.9 Å². The third-order valence-electron chi connectivity index (χ3n) is 3.84. The van der Waals surface area contributed by atoms with Crippen LogP contribution >= 0.6 is 0 Å². The number of hydrogen-bond donors (Lipinski definition) is 2. The normalized spacial score (nSPS) is 12.2. The minimum absolute atomic E-state index is 0.0263. The second-order valence-electron chi connectivity index (χ2n) is 5.55. The van der Waals surface area contributed by atoms with Gasteiger partial charge in [-0.3, -0.25) is 4.79 Å². The molecule has 1 heterocycles. The first kappa shape index (κ1) is 16.2. The van der Waals surface area contributed by atoms with Crippen molar-refractivity contribution in [2.24, 2.45) is 0 Å². The molecule has 1 unspecified atom stereocenters. The Morgan fingerprint density at radius 2 is 2.00 bits per heavy atom. The highest BCUT2D eigenvalue weighted by Gasteiger charge is 2.19. The third-order valence-corrected chi connectivity index (χ3v) is 3.84. The van der Waals surface area contributed by atoms with Crippen LogP contribution < -0.4 is 5.32 Å². The minimum Gasteiger partial charge on any atom is -0.392 e. The van der Waals surface area contributed by atoms with Crippen molar-refractivity contribution >= 4 is 5.91 Å². The molecule has 0 spiro atoms. The molecule has 0 saturated heterocycles. The van der Waals surface area contributed by atoms with Crippen LogP contribution in [0.1, 0.15) is 47.4 Å². The van der Waals surface area contributed by atoms with E-state index in [0.29, 0.717) is 13.0 Å². The van der Waals surface area contributed by atoms with Gasteiger partial charge in [-0.25, -0.2) is 0 Å². The summed E-state index contributed by atoms with van der Waals surface area (Å²) in [5.74, 6) is 0.794. The van der Waals surface area contributed by atoms with Crippen LogP contribution in [0.25, 0.3) is 0 Å². The summed E-state index contributed by atoms with van der Waals surface area (Å²) >= 11 is 0. The summed E-state index contributed by atoms with van der Waals surface area (Å²) in [6.07, 6.45) is 0.379. The molecule has 1 aromatic carbocycles. The first-order chi connectivity index (χ1) is 10.5. The highest BCUT2D eigenvalue weighted by atomic mass is 16.5. The van der Waals surface area contributed by atoms with Crippen LogP contribution in [0.5, 0.6) is 0 Å². The van der Waals surface area contributed by atoms with Gasteiger partial charge in [-0.1, -0.05) is 36.3 Å². The Morgan fingerprint density at radius 3 is 2.59 bits per heavy atom. The topological polar surface area (TPSA) is 75.4 Å². The first-order valence-electron chi connectivity index (χ1n) is 7.40. The standard InChI is InChI=1S/C17H22N2O3/c1-11(17-12(2)19-22-13(17)3)8-16(21)18-9-14-6-4-5-7-15(14)10-20/h4-7,11,20H,8-10H2,1-3H3,(H,18,21). The molecule has 5 nitrogen and oxygen atoms in total. The highest BCUT2D eigenvalue weighted by molar-refractivity contribution is 5.77. The smallest absolute Gasteiger partial charge is 0.220 e. The zero-order valence-corrected chi connectivity index (χ0v) is 13.2. The van der Waals surface area contributed by atoms with Crippen molar-refractivity contribution in [1.29, 1.82) is 0 Å². The Hall–Kier alpha value is -2.14. The predicted molar refractivity (Wildman–Crippen MR) is 83.2 cm³/mol. The summed E-state index contributed by atoms with van der Waals surface area (Å²) in [5.41, 5.74) is 3.61. The molecule has 2 aromatic rings. The Kier molecular flexibility index (Phi) is 5.33. The number of amides is 1. The number of aromatic nitrogens is 1. The van der Waals surface area contributed by atoms with Crippen LogP contribution in [0.4, 0.5) is 0 Å². The molecule has 22 heavy (non-hydrogen) atoms. The molecule has 0 fully saturated rings. The summed E-state index contributed by atoms with van der Waals surface area (Å²) in [5, 5.41) is 16.1. The number of nitrogens with zero attached hydrogens (tertiary/aromatic N) is 1. The molecule has 0 aliphatic carbocycles. The maximum Gasteiger partial charge on any atom is 0.220 e. The lowest BCUT2D eigenvalue weighted by molar-refractivity contribution is -0.121. The van der Waals surface area contributed by atoms with E-state index in [-0.39, 0.29) is 18.4 Å². The Morgan fingerprint density at radius 1 is 1.32 bits per heavy atom. The van der Waals surface area contributed by atoms with Gasteiger partial charge in [-0.2, -0.15) is 0 Å². The van der Waals surface area contributed by atoms with Crippen molar-refractivity contribution in [3.8, 4) is 0 Å². The Bertz CT molecular complexity index is 630. The number of aliphatic hydroxyl groups excluding tert-OH is 1. The van der Waals surface area contributed by atoms with E-state index in [4.69, 9.17) is 4.52 Å². The fourth-order valence-electron chi connectivity index (χ4n) is 2.72. The Balaban J connectivity index is 1.93. The number of aryl methyl sites for hydroxylation is 2. The molecule has 5 heteroatoms. The predicted octanol–water partition coefficient (Wildman–Crippen LogP) is 2.59. The molecule has 2 N–H and O–H groups in total. The van der Waals surface area contributed by atoms with Gasteiger partial charge in [0.2, 0.25) is 5.91 Å². The van der Waals surface area contributed by atoms with E-state index < -0.39 is 0 Å². The summed E-state index contributed by atoms with van der Waals surface area (Å²) in [6.45, 7) is 6.14. The molecule has 118 valence electrons. The van der Waals surface area contributed by atoms with Gasteiger partial charge < -0.3 is 14.9 Å². The number of carbonyl (C=O) groups is 1. The average Bonchev–Trinajstić information content (AvgIpc) is 2.84. The molecule has 0 aliphatic rings. The van der Waals surface area contributed by atoms with E-state index >= 15 is 0 Å². The summed E-state index contributed by atoms with van der Waals surface area (Å²) in [4.78, 5) is 12.1. The van der Waals surface area contributed by atoms with Gasteiger partial charge in [0.25, 0.3) is 0 Å². The van der Waals surface area contributed by atoms with Crippen LogP contribution in [0.2, 0.25) is 0 Å². The molecule has 1 amide bonds. The van der Waals surface area contributed by atoms with E-state index in [1.807, 2.05) is 45.0 Å². The number of rotatable bonds is 6. The number of nitrogens with one attached hydrogen (secondary N) is 1. The van der Waals surface area contributed by atoms with Gasteiger partial charge in [0.05, 0.1) is 12.3 Å². The SMILES string of the molecule is Cc1noc(C)c1C(C)CC(=O)NCc1ccccc1CO. The van der Waals surface area contributed by atoms with Crippen molar-refractivity contribution in [2.45, 2.75) is 46.3 Å². The molecule has 0 radical (unpaired) electrons. The lowest BCUT2D eigenvalue weighted by Gasteiger charge is -2.12. The fraction of sp³-hybridized carbons (Fsp3) is 0.412. The average molecular weight is 302 g/mol. The summed E-state index contributed by atoms with van der Waals surface area (Å²) in [7, 11) is 0. The van der Waals surface area contributed by atoms with Gasteiger partial charge in [0.15, 0.2) is 0 Å². The second-order valence-corrected chi connectivity index (χ2v) is 5.55. The monoisotopic (exact) mass is 302 g/mol. The third kappa shape index (κ3) is 3.74. The van der Waals surface area contributed by atoms with E-state index in [9.17, 15) is 9.90 Å². The van der Waals surface area contributed by atoms with E-state index in [2.05, 4.69) is 10.5 Å². The molecule has 0 saturated carbocycles. The first-order valence-corrected chi connectivity index (χ1v) is 7.40. The lowest BCUT2D eigenvalue weighted by atomic mass is 9.96. The van der Waals surface area contributed by atoms with Crippen LogP contribution in [0, 0.1) is 13.8 Å². The quantitative estimate of drug-likeness (QED) is 0.860. The molecular formula is C17H22N2O3. The summed E-state index contributed by atoms with van der Waals surface area (Å²) < 4.78 is 5.15. The lowest BCUT2D eigenvalue weighted by Crippen LogP contribution is -2.24. The molecule has 0 aliphatic heterocycles. The Labute approximate surface area is 130 Å². The van der Waals surface area contributed by atoms with Crippen LogP contribution in [0.15, 0.2) is 28.8 Å². The largest absolute Gasteiger partial charge is 0.392 e. The van der Waals surface area contributed by atoms with Crippen molar-refractivity contribution in [3.63, 3.8) is 0 Å². The second kappa shape index (κ2) is 7.22. The van der Waals surface area contributed by atoms with Crippen molar-refractivity contribution < 1.29 is 14.4 Å². The zero-order chi connectivity index (χ0) is 16.1. The van der Waals surface area contributed by atoms with Crippen LogP contribution in [-0.4, -0.2) is 16.2 Å². The minimum atomic E-state index is -0.0276. The van der Waals surface area contributed by atoms with E-state index in [1.165, 1.54) is 0 Å². The van der Waals surface area contributed by atoms with Crippen molar-refractivity contribution in [2.75, 3.05) is 0 Å². The van der Waals surface area contributed by atoms with Crippen LogP contribution in [-0.2, 0) is 17.9 Å². The molecular weight excluding hydrogens is 280 g/mol. The number of benzene rings is 1. The summed E-state index contributed by atoms with van der Waals surface area (Å²) in [6, 6.07) is 7.53.